The number of aromatic nitrogens is 2. The van der Waals surface area contributed by atoms with E-state index in [0.29, 0.717) is 23.4 Å². The summed E-state index contributed by atoms with van der Waals surface area (Å²) in [5.74, 6) is -1.86. The molecule has 0 spiro atoms. The lowest BCUT2D eigenvalue weighted by Crippen LogP contribution is -2.13. The van der Waals surface area contributed by atoms with Gasteiger partial charge in [0.15, 0.2) is 11.6 Å². The van der Waals surface area contributed by atoms with E-state index in [1.165, 1.54) is 24.4 Å². The molecule has 7 heteroatoms. The third-order valence-electron chi connectivity index (χ3n) is 3.60. The highest BCUT2D eigenvalue weighted by atomic mass is 19.2. The Morgan fingerprint density at radius 2 is 1.85 bits per heavy atom. The minimum Gasteiger partial charge on any atom is -0.307 e. The number of halogens is 2. The Kier molecular flexibility index (Phi) is 4.94. The first-order chi connectivity index (χ1) is 12.5. The zero-order chi connectivity index (χ0) is 18.5. The number of carbonyl (C=O) groups is 1. The van der Waals surface area contributed by atoms with Gasteiger partial charge >= 0.3 is 0 Å². The molecule has 0 atom stereocenters. The minimum absolute atomic E-state index is 0.146. The second-order valence-corrected chi connectivity index (χ2v) is 5.47. The summed E-state index contributed by atoms with van der Waals surface area (Å²) in [6, 6.07) is 11.8. The van der Waals surface area contributed by atoms with Crippen molar-refractivity contribution in [1.29, 1.82) is 5.26 Å². The van der Waals surface area contributed by atoms with Crippen LogP contribution < -0.4 is 5.32 Å². The number of nitriles is 1. The molecule has 128 valence electrons. The molecule has 0 unspecified atom stereocenters. The molecular weight excluding hydrogens is 338 g/mol. The Morgan fingerprint density at radius 1 is 1.04 bits per heavy atom. The summed E-state index contributed by atoms with van der Waals surface area (Å²) in [6.45, 7) is 0. The van der Waals surface area contributed by atoms with E-state index < -0.39 is 17.5 Å². The number of nitrogens with zero attached hydrogens (tertiary/aromatic N) is 3. The van der Waals surface area contributed by atoms with Crippen molar-refractivity contribution in [2.45, 2.75) is 6.42 Å². The van der Waals surface area contributed by atoms with Crippen LogP contribution in [-0.4, -0.2) is 15.9 Å². The maximum atomic E-state index is 13.2. The third kappa shape index (κ3) is 4.05. The Morgan fingerprint density at radius 3 is 2.54 bits per heavy atom. The average molecular weight is 350 g/mol. The van der Waals surface area contributed by atoms with Crippen LogP contribution in [0.5, 0.6) is 0 Å². The van der Waals surface area contributed by atoms with Crippen molar-refractivity contribution in [2.24, 2.45) is 0 Å². The Hall–Kier alpha value is -3.66. The van der Waals surface area contributed by atoms with E-state index in [0.717, 1.165) is 17.7 Å². The van der Waals surface area contributed by atoms with Crippen molar-refractivity contribution >= 4 is 11.7 Å². The maximum absolute atomic E-state index is 13.2. The number of carbonyl (C=O) groups excluding carboxylic acids is 1. The van der Waals surface area contributed by atoms with E-state index in [9.17, 15) is 13.6 Å². The first-order valence-corrected chi connectivity index (χ1v) is 7.61. The van der Waals surface area contributed by atoms with Crippen molar-refractivity contribution in [3.8, 4) is 6.07 Å². The zero-order valence-electron chi connectivity index (χ0n) is 13.4. The fourth-order valence-electron chi connectivity index (χ4n) is 2.31. The Labute approximate surface area is 148 Å². The summed E-state index contributed by atoms with van der Waals surface area (Å²) >= 11 is 0. The van der Waals surface area contributed by atoms with Gasteiger partial charge in [-0.15, -0.1) is 0 Å². The summed E-state index contributed by atoms with van der Waals surface area (Å²) < 4.78 is 26.2. The van der Waals surface area contributed by atoms with Crippen LogP contribution in [0.25, 0.3) is 0 Å². The fraction of sp³-hybridized carbons (Fsp3) is 0.0526. The number of anilines is 1. The zero-order valence-corrected chi connectivity index (χ0v) is 13.4. The van der Waals surface area contributed by atoms with Crippen molar-refractivity contribution in [2.75, 3.05) is 5.32 Å². The molecule has 5 nitrogen and oxygen atoms in total. The fourth-order valence-corrected chi connectivity index (χ4v) is 2.31. The molecule has 0 saturated carbocycles. The molecule has 0 aliphatic heterocycles. The van der Waals surface area contributed by atoms with Gasteiger partial charge in [-0.2, -0.15) is 5.26 Å². The maximum Gasteiger partial charge on any atom is 0.256 e. The molecule has 0 bridgehead atoms. The highest BCUT2D eigenvalue weighted by Gasteiger charge is 2.09. The second-order valence-electron chi connectivity index (χ2n) is 5.47. The molecule has 0 aliphatic rings. The number of nitrogens with one attached hydrogen (secondary N) is 1. The first-order valence-electron chi connectivity index (χ1n) is 7.61. The second kappa shape index (κ2) is 7.49. The highest BCUT2D eigenvalue weighted by Crippen LogP contribution is 2.14. The summed E-state index contributed by atoms with van der Waals surface area (Å²) in [5, 5.41) is 11.4. The van der Waals surface area contributed by atoms with Crippen LogP contribution in [0.2, 0.25) is 0 Å². The van der Waals surface area contributed by atoms with E-state index in [4.69, 9.17) is 5.26 Å². The smallest absolute Gasteiger partial charge is 0.256 e. The van der Waals surface area contributed by atoms with Gasteiger partial charge in [0.2, 0.25) is 0 Å². The van der Waals surface area contributed by atoms with Crippen LogP contribution in [0.15, 0.2) is 54.9 Å². The molecule has 26 heavy (non-hydrogen) atoms. The van der Waals surface area contributed by atoms with E-state index in [2.05, 4.69) is 15.3 Å². The summed E-state index contributed by atoms with van der Waals surface area (Å²) in [4.78, 5) is 20.1. The van der Waals surface area contributed by atoms with E-state index in [-0.39, 0.29) is 5.69 Å². The van der Waals surface area contributed by atoms with E-state index >= 15 is 0 Å². The quantitative estimate of drug-likeness (QED) is 0.781. The van der Waals surface area contributed by atoms with Crippen molar-refractivity contribution < 1.29 is 13.6 Å². The van der Waals surface area contributed by atoms with Crippen molar-refractivity contribution in [1.82, 2.24) is 9.97 Å². The molecule has 3 aromatic rings. The molecular formula is C19H12F2N4O. The number of pyridine rings is 2. The topological polar surface area (TPSA) is 78.7 Å². The van der Waals surface area contributed by atoms with Gasteiger partial charge in [0.1, 0.15) is 17.6 Å². The van der Waals surface area contributed by atoms with Crippen LogP contribution in [0.4, 0.5) is 14.6 Å². The molecule has 2 aromatic heterocycles. The largest absolute Gasteiger partial charge is 0.307 e. The van der Waals surface area contributed by atoms with Crippen LogP contribution >= 0.6 is 0 Å². The number of benzene rings is 1. The third-order valence-corrected chi connectivity index (χ3v) is 3.60. The molecule has 1 N–H and O–H groups in total. The molecule has 0 radical (unpaired) electrons. The van der Waals surface area contributed by atoms with Gasteiger partial charge in [-0.05, 0) is 47.9 Å². The molecule has 1 amide bonds. The van der Waals surface area contributed by atoms with Gasteiger partial charge in [-0.3, -0.25) is 4.79 Å². The highest BCUT2D eigenvalue weighted by molar-refractivity contribution is 6.03. The monoisotopic (exact) mass is 350 g/mol. The lowest BCUT2D eigenvalue weighted by Gasteiger charge is -2.06. The SMILES string of the molecule is N#Cc1cc(C(=O)Nc2ccc(Cc3ccc(F)c(F)c3)cn2)ccn1. The predicted molar refractivity (Wildman–Crippen MR) is 90.3 cm³/mol. The normalized spacial score (nSPS) is 10.2. The van der Waals surface area contributed by atoms with Gasteiger partial charge < -0.3 is 5.32 Å². The van der Waals surface area contributed by atoms with Gasteiger partial charge in [0, 0.05) is 18.0 Å². The molecule has 0 aliphatic carbocycles. The molecule has 3 rings (SSSR count). The lowest BCUT2D eigenvalue weighted by atomic mass is 10.1. The lowest BCUT2D eigenvalue weighted by molar-refractivity contribution is 0.102. The molecule has 1 aromatic carbocycles. The van der Waals surface area contributed by atoms with Crippen LogP contribution in [0.1, 0.15) is 27.2 Å². The van der Waals surface area contributed by atoms with Gasteiger partial charge in [0.05, 0.1) is 0 Å². The molecule has 2 heterocycles. The molecule has 0 fully saturated rings. The Bertz CT molecular complexity index is 997. The van der Waals surface area contributed by atoms with Gasteiger partial charge in [0.25, 0.3) is 5.91 Å². The Balaban J connectivity index is 1.68. The van der Waals surface area contributed by atoms with E-state index in [1.807, 2.05) is 6.07 Å². The van der Waals surface area contributed by atoms with Crippen LogP contribution in [0.3, 0.4) is 0 Å². The first kappa shape index (κ1) is 17.2. The van der Waals surface area contributed by atoms with Crippen LogP contribution in [0, 0.1) is 23.0 Å². The van der Waals surface area contributed by atoms with E-state index in [1.54, 1.807) is 18.3 Å². The summed E-state index contributed by atoms with van der Waals surface area (Å²) in [5.41, 5.74) is 1.84. The summed E-state index contributed by atoms with van der Waals surface area (Å²) in [6.07, 6.45) is 3.31. The van der Waals surface area contributed by atoms with Crippen molar-refractivity contribution in [3.63, 3.8) is 0 Å². The average Bonchev–Trinajstić information content (AvgIpc) is 2.66. The standard InChI is InChI=1S/C19H12F2N4O/c20-16-3-1-12(8-17(16)21)7-13-2-4-18(24-11-13)25-19(26)14-5-6-23-15(9-14)10-22/h1-6,8-9,11H,7H2,(H,24,25,26). The van der Waals surface area contributed by atoms with Gasteiger partial charge in [-0.25, -0.2) is 18.7 Å². The number of hydrogen-bond acceptors (Lipinski definition) is 4. The number of rotatable bonds is 4. The van der Waals surface area contributed by atoms with Crippen molar-refractivity contribution in [3.05, 3.63) is 88.9 Å². The summed E-state index contributed by atoms with van der Waals surface area (Å²) in [7, 11) is 0. The minimum atomic E-state index is -0.895. The van der Waals surface area contributed by atoms with Gasteiger partial charge in [-0.1, -0.05) is 12.1 Å². The number of amides is 1. The molecule has 0 saturated heterocycles. The van der Waals surface area contributed by atoms with Crippen LogP contribution in [-0.2, 0) is 6.42 Å². The number of hydrogen-bond donors (Lipinski definition) is 1. The predicted octanol–water partition coefficient (Wildman–Crippen LogP) is 3.47.